The average Bonchev–Trinajstić information content (AvgIpc) is 2.15. The summed E-state index contributed by atoms with van der Waals surface area (Å²) in [5.74, 6) is 1.39. The first-order chi connectivity index (χ1) is 6.86. The molecule has 0 bridgehead atoms. The predicted octanol–water partition coefficient (Wildman–Crippen LogP) is 2.85. The van der Waals surface area contributed by atoms with Gasteiger partial charge in [0.15, 0.2) is 0 Å². The molecule has 88 valence electrons. The van der Waals surface area contributed by atoms with Crippen molar-refractivity contribution in [2.75, 3.05) is 0 Å². The van der Waals surface area contributed by atoms with Crippen LogP contribution in [-0.4, -0.2) is 13.0 Å². The van der Waals surface area contributed by atoms with Crippen LogP contribution in [0.4, 0.5) is 0 Å². The van der Waals surface area contributed by atoms with E-state index in [4.69, 9.17) is 4.55 Å². The van der Waals surface area contributed by atoms with E-state index in [1.54, 1.807) is 6.08 Å². The second-order valence-electron chi connectivity index (χ2n) is 4.56. The SMILES string of the molecule is CC[C@H](C)C1CCC(S(=O)(=O)O)=CC1C. The summed E-state index contributed by atoms with van der Waals surface area (Å²) < 4.78 is 30.9. The van der Waals surface area contributed by atoms with Crippen LogP contribution in [0.5, 0.6) is 0 Å². The zero-order valence-corrected chi connectivity index (χ0v) is 10.4. The summed E-state index contributed by atoms with van der Waals surface area (Å²) in [4.78, 5) is 0.203. The first-order valence-electron chi connectivity index (χ1n) is 5.54. The molecule has 1 aliphatic rings. The molecule has 0 amide bonds. The normalized spacial score (nSPS) is 29.7. The molecular formula is C11H20O3S. The molecule has 1 N–H and O–H groups in total. The smallest absolute Gasteiger partial charge is 0.282 e. The Labute approximate surface area is 92.3 Å². The van der Waals surface area contributed by atoms with E-state index in [2.05, 4.69) is 13.8 Å². The highest BCUT2D eigenvalue weighted by Crippen LogP contribution is 2.36. The summed E-state index contributed by atoms with van der Waals surface area (Å²) in [6.45, 7) is 6.38. The van der Waals surface area contributed by atoms with Crippen molar-refractivity contribution in [1.29, 1.82) is 0 Å². The van der Waals surface area contributed by atoms with Gasteiger partial charge < -0.3 is 0 Å². The molecule has 0 aliphatic heterocycles. The van der Waals surface area contributed by atoms with Gasteiger partial charge in [0, 0.05) is 0 Å². The Balaban J connectivity index is 2.83. The van der Waals surface area contributed by atoms with Gasteiger partial charge in [-0.1, -0.05) is 33.3 Å². The predicted molar refractivity (Wildman–Crippen MR) is 61.0 cm³/mol. The fourth-order valence-corrected chi connectivity index (χ4v) is 3.15. The van der Waals surface area contributed by atoms with Crippen molar-refractivity contribution >= 4 is 10.1 Å². The summed E-state index contributed by atoms with van der Waals surface area (Å²) in [6.07, 6.45) is 4.18. The van der Waals surface area contributed by atoms with Crippen molar-refractivity contribution < 1.29 is 13.0 Å². The Bertz CT molecular complexity index is 343. The fourth-order valence-electron chi connectivity index (χ4n) is 2.39. The van der Waals surface area contributed by atoms with E-state index in [1.165, 1.54) is 0 Å². The van der Waals surface area contributed by atoms with Gasteiger partial charge in [0.25, 0.3) is 10.1 Å². The molecule has 15 heavy (non-hydrogen) atoms. The zero-order chi connectivity index (χ0) is 11.6. The van der Waals surface area contributed by atoms with E-state index in [1.807, 2.05) is 6.92 Å². The van der Waals surface area contributed by atoms with Crippen LogP contribution in [0.1, 0.15) is 40.0 Å². The third kappa shape index (κ3) is 3.05. The molecule has 0 radical (unpaired) electrons. The second-order valence-corrected chi connectivity index (χ2v) is 6.03. The quantitative estimate of drug-likeness (QED) is 0.761. The van der Waals surface area contributed by atoms with Crippen LogP contribution >= 0.6 is 0 Å². The monoisotopic (exact) mass is 232 g/mol. The number of hydrogen-bond acceptors (Lipinski definition) is 2. The largest absolute Gasteiger partial charge is 0.290 e. The maximum Gasteiger partial charge on any atom is 0.290 e. The van der Waals surface area contributed by atoms with E-state index in [-0.39, 0.29) is 10.8 Å². The summed E-state index contributed by atoms with van der Waals surface area (Å²) in [7, 11) is -3.95. The van der Waals surface area contributed by atoms with Crippen LogP contribution in [0.25, 0.3) is 0 Å². The van der Waals surface area contributed by atoms with Crippen LogP contribution < -0.4 is 0 Å². The van der Waals surface area contributed by atoms with Crippen molar-refractivity contribution in [3.05, 3.63) is 11.0 Å². The number of rotatable bonds is 3. The minimum atomic E-state index is -3.95. The third-order valence-corrected chi connectivity index (χ3v) is 4.56. The summed E-state index contributed by atoms with van der Waals surface area (Å²) in [5, 5.41) is 0. The maximum atomic E-state index is 11.0. The molecule has 3 atom stereocenters. The highest BCUT2D eigenvalue weighted by molar-refractivity contribution is 7.89. The third-order valence-electron chi connectivity index (χ3n) is 3.55. The second kappa shape index (κ2) is 4.66. The van der Waals surface area contributed by atoms with Gasteiger partial charge in [-0.3, -0.25) is 4.55 Å². The minimum Gasteiger partial charge on any atom is -0.282 e. The van der Waals surface area contributed by atoms with E-state index in [9.17, 15) is 8.42 Å². The molecule has 1 rings (SSSR count). The Morgan fingerprint density at radius 2 is 2.20 bits per heavy atom. The van der Waals surface area contributed by atoms with Gasteiger partial charge in [0.05, 0.1) is 4.91 Å². The van der Waals surface area contributed by atoms with Crippen LogP contribution in [0, 0.1) is 17.8 Å². The van der Waals surface area contributed by atoms with Crippen LogP contribution in [-0.2, 0) is 10.1 Å². The molecule has 4 heteroatoms. The first-order valence-corrected chi connectivity index (χ1v) is 6.98. The molecule has 0 spiro atoms. The number of allylic oxidation sites excluding steroid dienone is 2. The van der Waals surface area contributed by atoms with Crippen molar-refractivity contribution in [3.8, 4) is 0 Å². The fraction of sp³-hybridized carbons (Fsp3) is 0.818. The first kappa shape index (κ1) is 12.7. The molecular weight excluding hydrogens is 212 g/mol. The lowest BCUT2D eigenvalue weighted by Crippen LogP contribution is -2.23. The molecule has 0 aromatic carbocycles. The van der Waals surface area contributed by atoms with Gasteiger partial charge in [0.1, 0.15) is 0 Å². The Morgan fingerprint density at radius 3 is 2.60 bits per heavy atom. The molecule has 3 nitrogen and oxygen atoms in total. The van der Waals surface area contributed by atoms with E-state index >= 15 is 0 Å². The molecule has 1 aliphatic carbocycles. The molecule has 0 saturated carbocycles. The lowest BCUT2D eigenvalue weighted by atomic mass is 9.76. The highest BCUT2D eigenvalue weighted by Gasteiger charge is 2.28. The summed E-state index contributed by atoms with van der Waals surface area (Å²) >= 11 is 0. The van der Waals surface area contributed by atoms with Crippen LogP contribution in [0.3, 0.4) is 0 Å². The molecule has 2 unspecified atom stereocenters. The van der Waals surface area contributed by atoms with E-state index in [0.717, 1.165) is 12.8 Å². The van der Waals surface area contributed by atoms with Gasteiger partial charge in [-0.2, -0.15) is 8.42 Å². The summed E-state index contributed by atoms with van der Waals surface area (Å²) in [5.41, 5.74) is 0. The van der Waals surface area contributed by atoms with Crippen LogP contribution in [0.15, 0.2) is 11.0 Å². The van der Waals surface area contributed by atoms with Crippen LogP contribution in [0.2, 0.25) is 0 Å². The molecule has 0 aromatic heterocycles. The van der Waals surface area contributed by atoms with Crippen molar-refractivity contribution in [3.63, 3.8) is 0 Å². The highest BCUT2D eigenvalue weighted by atomic mass is 32.2. The van der Waals surface area contributed by atoms with Crippen molar-refractivity contribution in [1.82, 2.24) is 0 Å². The van der Waals surface area contributed by atoms with Gasteiger partial charge in [-0.15, -0.1) is 0 Å². The average molecular weight is 232 g/mol. The maximum absolute atomic E-state index is 11.0. The Hall–Kier alpha value is -0.350. The Morgan fingerprint density at radius 1 is 1.60 bits per heavy atom. The van der Waals surface area contributed by atoms with E-state index in [0.29, 0.717) is 18.3 Å². The van der Waals surface area contributed by atoms with Crippen molar-refractivity contribution in [2.45, 2.75) is 40.0 Å². The van der Waals surface area contributed by atoms with Gasteiger partial charge in [-0.25, -0.2) is 0 Å². The minimum absolute atomic E-state index is 0.203. The molecule has 0 fully saturated rings. The molecule has 0 saturated heterocycles. The van der Waals surface area contributed by atoms with E-state index < -0.39 is 10.1 Å². The Kier molecular flexibility index (Phi) is 3.95. The molecule has 0 heterocycles. The number of hydrogen-bond donors (Lipinski definition) is 1. The summed E-state index contributed by atoms with van der Waals surface area (Å²) in [6, 6.07) is 0. The standard InChI is InChI=1S/C11H20O3S/c1-4-8(2)11-6-5-10(7-9(11)3)15(12,13)14/h7-9,11H,4-6H2,1-3H3,(H,12,13,14)/t8-,9?,11?/m0/s1. The van der Waals surface area contributed by atoms with Gasteiger partial charge >= 0.3 is 0 Å². The van der Waals surface area contributed by atoms with Gasteiger partial charge in [0.2, 0.25) is 0 Å². The van der Waals surface area contributed by atoms with Gasteiger partial charge in [-0.05, 0) is 30.6 Å². The van der Waals surface area contributed by atoms with Crippen molar-refractivity contribution in [2.24, 2.45) is 17.8 Å². The zero-order valence-electron chi connectivity index (χ0n) is 9.60. The topological polar surface area (TPSA) is 54.4 Å². The lowest BCUT2D eigenvalue weighted by molar-refractivity contribution is 0.257. The molecule has 0 aromatic rings. The lowest BCUT2D eigenvalue weighted by Gasteiger charge is -2.31.